The smallest absolute Gasteiger partial charge is 0.252 e. The fourth-order valence-corrected chi connectivity index (χ4v) is 2.90. The van der Waals surface area contributed by atoms with Crippen molar-refractivity contribution in [3.63, 3.8) is 0 Å². The van der Waals surface area contributed by atoms with Gasteiger partial charge in [-0.05, 0) is 24.5 Å². The number of amides is 1. The molecule has 21 heavy (non-hydrogen) atoms. The number of nitrogens with one attached hydrogen (secondary N) is 1. The number of rotatable bonds is 4. The van der Waals surface area contributed by atoms with Crippen LogP contribution in [0.3, 0.4) is 0 Å². The molecule has 1 amide bonds. The highest BCUT2D eigenvalue weighted by Gasteiger charge is 2.14. The van der Waals surface area contributed by atoms with Gasteiger partial charge in [0.2, 0.25) is 0 Å². The summed E-state index contributed by atoms with van der Waals surface area (Å²) in [7, 11) is 0. The van der Waals surface area contributed by atoms with Crippen LogP contribution in [0.25, 0.3) is 0 Å². The van der Waals surface area contributed by atoms with Crippen LogP contribution in [0.5, 0.6) is 0 Å². The first-order valence-corrected chi connectivity index (χ1v) is 7.87. The third-order valence-corrected chi connectivity index (χ3v) is 4.06. The Bertz CT molecular complexity index is 522. The van der Waals surface area contributed by atoms with Gasteiger partial charge in [0.15, 0.2) is 0 Å². The third kappa shape index (κ3) is 4.91. The maximum absolute atomic E-state index is 12.3. The van der Waals surface area contributed by atoms with E-state index in [2.05, 4.69) is 17.2 Å². The Morgan fingerprint density at radius 1 is 1.24 bits per heavy atom. The van der Waals surface area contributed by atoms with Crippen LogP contribution in [-0.2, 0) is 0 Å². The zero-order chi connectivity index (χ0) is 14.9. The quantitative estimate of drug-likeness (QED) is 0.835. The predicted molar refractivity (Wildman–Crippen MR) is 85.9 cm³/mol. The van der Waals surface area contributed by atoms with Crippen molar-refractivity contribution < 1.29 is 4.79 Å². The van der Waals surface area contributed by atoms with Gasteiger partial charge < -0.3 is 11.1 Å². The van der Waals surface area contributed by atoms with Crippen molar-refractivity contribution in [1.82, 2.24) is 5.32 Å². The summed E-state index contributed by atoms with van der Waals surface area (Å²) in [6.07, 6.45) is 7.77. The molecular weight excluding hydrogens is 260 g/mol. The molecule has 3 nitrogen and oxygen atoms in total. The van der Waals surface area contributed by atoms with E-state index in [1.807, 2.05) is 24.3 Å². The fraction of sp³-hybridized carbons (Fsp3) is 0.500. The molecule has 112 valence electrons. The minimum absolute atomic E-state index is 0.0345. The van der Waals surface area contributed by atoms with Gasteiger partial charge in [-0.3, -0.25) is 4.79 Å². The standard InChI is InChI=1S/C18H24N2O/c19-13-6-10-16-9-4-5-11-17(16)18(21)20-14-12-15-7-2-1-3-8-15/h4-5,9,11,15H,1-3,7-8,12-14,19H2,(H,20,21). The Morgan fingerprint density at radius 2 is 2.00 bits per heavy atom. The molecule has 3 N–H and O–H groups in total. The normalized spacial score (nSPS) is 15.1. The minimum Gasteiger partial charge on any atom is -0.352 e. The largest absolute Gasteiger partial charge is 0.352 e. The van der Waals surface area contributed by atoms with E-state index >= 15 is 0 Å². The lowest BCUT2D eigenvalue weighted by Gasteiger charge is -2.21. The molecule has 2 rings (SSSR count). The van der Waals surface area contributed by atoms with E-state index in [9.17, 15) is 4.79 Å². The van der Waals surface area contributed by atoms with Crippen molar-refractivity contribution in [2.24, 2.45) is 11.7 Å². The van der Waals surface area contributed by atoms with Crippen LogP contribution >= 0.6 is 0 Å². The average Bonchev–Trinajstić information content (AvgIpc) is 2.54. The molecule has 1 saturated carbocycles. The lowest BCUT2D eigenvalue weighted by molar-refractivity contribution is 0.0950. The van der Waals surface area contributed by atoms with E-state index in [1.54, 1.807) is 0 Å². The lowest BCUT2D eigenvalue weighted by Crippen LogP contribution is -2.27. The molecule has 0 aliphatic heterocycles. The molecular formula is C18H24N2O. The highest BCUT2D eigenvalue weighted by atomic mass is 16.1. The maximum atomic E-state index is 12.3. The fourth-order valence-electron chi connectivity index (χ4n) is 2.90. The second kappa shape index (κ2) is 8.49. The van der Waals surface area contributed by atoms with E-state index in [4.69, 9.17) is 5.73 Å². The summed E-state index contributed by atoms with van der Waals surface area (Å²) in [6.45, 7) is 1.06. The van der Waals surface area contributed by atoms with Crippen molar-refractivity contribution in [3.8, 4) is 11.8 Å². The van der Waals surface area contributed by atoms with Crippen molar-refractivity contribution in [2.75, 3.05) is 13.1 Å². The van der Waals surface area contributed by atoms with Crippen LogP contribution < -0.4 is 11.1 Å². The van der Waals surface area contributed by atoms with Crippen LogP contribution in [0.2, 0.25) is 0 Å². The Balaban J connectivity index is 1.88. The van der Waals surface area contributed by atoms with E-state index < -0.39 is 0 Å². The summed E-state index contributed by atoms with van der Waals surface area (Å²) in [5.74, 6) is 6.51. The second-order valence-electron chi connectivity index (χ2n) is 5.60. The summed E-state index contributed by atoms with van der Waals surface area (Å²) in [6, 6.07) is 7.43. The van der Waals surface area contributed by atoms with Crippen molar-refractivity contribution >= 4 is 5.91 Å². The first-order chi connectivity index (χ1) is 10.3. The molecule has 0 heterocycles. The maximum Gasteiger partial charge on any atom is 0.252 e. The zero-order valence-corrected chi connectivity index (χ0v) is 12.5. The number of hydrogen-bond acceptors (Lipinski definition) is 2. The molecule has 1 aliphatic carbocycles. The molecule has 0 unspecified atom stereocenters. The molecule has 0 spiro atoms. The molecule has 3 heteroatoms. The summed E-state index contributed by atoms with van der Waals surface area (Å²) >= 11 is 0. The molecule has 0 radical (unpaired) electrons. The van der Waals surface area contributed by atoms with Crippen molar-refractivity contribution in [2.45, 2.75) is 38.5 Å². The van der Waals surface area contributed by atoms with Gasteiger partial charge in [-0.15, -0.1) is 0 Å². The lowest BCUT2D eigenvalue weighted by atomic mass is 9.87. The first-order valence-electron chi connectivity index (χ1n) is 7.87. The van der Waals surface area contributed by atoms with Crippen LogP contribution in [-0.4, -0.2) is 19.0 Å². The van der Waals surface area contributed by atoms with Gasteiger partial charge in [-0.1, -0.05) is 56.1 Å². The number of carbonyl (C=O) groups is 1. The molecule has 0 aromatic heterocycles. The summed E-state index contributed by atoms with van der Waals surface area (Å²) < 4.78 is 0. The Morgan fingerprint density at radius 3 is 2.76 bits per heavy atom. The summed E-state index contributed by atoms with van der Waals surface area (Å²) in [5.41, 5.74) is 6.78. The van der Waals surface area contributed by atoms with Gasteiger partial charge in [-0.2, -0.15) is 0 Å². The van der Waals surface area contributed by atoms with Gasteiger partial charge in [0.1, 0.15) is 0 Å². The van der Waals surface area contributed by atoms with Crippen LogP contribution in [0.15, 0.2) is 24.3 Å². The molecule has 1 aliphatic rings. The topological polar surface area (TPSA) is 55.1 Å². The minimum atomic E-state index is -0.0345. The summed E-state index contributed by atoms with van der Waals surface area (Å²) in [4.78, 5) is 12.3. The SMILES string of the molecule is NCC#Cc1ccccc1C(=O)NCCC1CCCCC1. The summed E-state index contributed by atoms with van der Waals surface area (Å²) in [5, 5.41) is 3.03. The van der Waals surface area contributed by atoms with E-state index in [-0.39, 0.29) is 5.91 Å². The van der Waals surface area contributed by atoms with Crippen LogP contribution in [0, 0.1) is 17.8 Å². The van der Waals surface area contributed by atoms with E-state index in [1.165, 1.54) is 32.1 Å². The molecule has 0 saturated heterocycles. The van der Waals surface area contributed by atoms with Gasteiger partial charge in [0.25, 0.3) is 5.91 Å². The monoisotopic (exact) mass is 284 g/mol. The average molecular weight is 284 g/mol. The molecule has 0 atom stereocenters. The van der Waals surface area contributed by atoms with Gasteiger partial charge in [0.05, 0.1) is 12.1 Å². The van der Waals surface area contributed by atoms with Gasteiger partial charge in [-0.25, -0.2) is 0 Å². The zero-order valence-electron chi connectivity index (χ0n) is 12.5. The predicted octanol–water partition coefficient (Wildman–Crippen LogP) is 2.70. The van der Waals surface area contributed by atoms with Crippen LogP contribution in [0.1, 0.15) is 54.4 Å². The number of nitrogens with two attached hydrogens (primary N) is 1. The highest BCUT2D eigenvalue weighted by molar-refractivity contribution is 5.96. The van der Waals surface area contributed by atoms with E-state index in [0.717, 1.165) is 24.4 Å². The van der Waals surface area contributed by atoms with Crippen molar-refractivity contribution in [1.29, 1.82) is 0 Å². The molecule has 1 aromatic rings. The third-order valence-electron chi connectivity index (χ3n) is 4.06. The highest BCUT2D eigenvalue weighted by Crippen LogP contribution is 2.25. The Labute approximate surface area is 127 Å². The van der Waals surface area contributed by atoms with E-state index in [0.29, 0.717) is 12.1 Å². The second-order valence-corrected chi connectivity index (χ2v) is 5.60. The Kier molecular flexibility index (Phi) is 6.30. The molecule has 0 bridgehead atoms. The molecule has 1 fully saturated rings. The Hall–Kier alpha value is -1.79. The number of carbonyl (C=O) groups excluding carboxylic acids is 1. The number of benzene rings is 1. The van der Waals surface area contributed by atoms with Crippen molar-refractivity contribution in [3.05, 3.63) is 35.4 Å². The number of hydrogen-bond donors (Lipinski definition) is 2. The van der Waals surface area contributed by atoms with Crippen LogP contribution in [0.4, 0.5) is 0 Å². The van der Waals surface area contributed by atoms with Gasteiger partial charge in [0, 0.05) is 12.1 Å². The molecule has 1 aromatic carbocycles. The first kappa shape index (κ1) is 15.6. The van der Waals surface area contributed by atoms with Gasteiger partial charge >= 0.3 is 0 Å².